The van der Waals surface area contributed by atoms with E-state index in [4.69, 9.17) is 28.3 Å². The molecule has 0 fully saturated rings. The number of hydrogen-bond acceptors (Lipinski definition) is 5. The molecule has 2 aromatic carbocycles. The van der Waals surface area contributed by atoms with Gasteiger partial charge in [-0.25, -0.2) is 13.2 Å². The van der Waals surface area contributed by atoms with E-state index in [9.17, 15) is 36.3 Å². The molecule has 0 aromatic heterocycles. The molecule has 0 aliphatic rings. The molecule has 2 aromatic rings. The maximum Gasteiger partial charge on any atom is 0.426 e. The number of carboxylic acids is 1. The summed E-state index contributed by atoms with van der Waals surface area (Å²) in [5.41, 5.74) is -4.36. The van der Waals surface area contributed by atoms with Gasteiger partial charge < -0.3 is 15.5 Å². The number of rotatable bonds is 5. The summed E-state index contributed by atoms with van der Waals surface area (Å²) >= 11 is 11.9. The molecule has 0 bridgehead atoms. The van der Waals surface area contributed by atoms with Crippen LogP contribution in [0.15, 0.2) is 46.2 Å². The van der Waals surface area contributed by atoms with Crippen LogP contribution in [0.25, 0.3) is 0 Å². The predicted molar refractivity (Wildman–Crippen MR) is 101 cm³/mol. The molecule has 2 rings (SSSR count). The van der Waals surface area contributed by atoms with Crippen molar-refractivity contribution < 1.29 is 41.4 Å². The fraction of sp³-hybridized carbons (Fsp3) is 0.176. The first kappa shape index (κ1) is 23.9. The number of aromatic carboxylic acids is 1. The van der Waals surface area contributed by atoms with Crippen molar-refractivity contribution in [2.24, 2.45) is 0 Å². The summed E-state index contributed by atoms with van der Waals surface area (Å²) in [7, 11) is -4.28. The van der Waals surface area contributed by atoms with Crippen molar-refractivity contribution >= 4 is 50.6 Å². The van der Waals surface area contributed by atoms with Crippen LogP contribution in [0, 0.1) is 0 Å². The third-order valence-corrected chi connectivity index (χ3v) is 6.80. The number of halogens is 5. The monoisotopic (exact) mass is 485 g/mol. The Hall–Kier alpha value is -2.34. The molecule has 0 spiro atoms. The number of sulfone groups is 1. The lowest BCUT2D eigenvalue weighted by Crippen LogP contribution is -2.52. The zero-order chi connectivity index (χ0) is 23.1. The minimum Gasteiger partial charge on any atom is -0.478 e. The number of carbonyl (C=O) groups is 2. The number of nitrogens with one attached hydrogen (secondary N) is 1. The predicted octanol–water partition coefficient (Wildman–Crippen LogP) is 3.78. The van der Waals surface area contributed by atoms with Gasteiger partial charge in [0.2, 0.25) is 15.4 Å². The summed E-state index contributed by atoms with van der Waals surface area (Å²) in [6.45, 7) is 0.234. The van der Waals surface area contributed by atoms with Crippen LogP contribution < -0.4 is 5.32 Å². The highest BCUT2D eigenvalue weighted by Gasteiger charge is 2.55. The first-order chi connectivity index (χ1) is 13.6. The lowest BCUT2D eigenvalue weighted by molar-refractivity contribution is -0.242. The molecule has 13 heteroatoms. The molecule has 1 unspecified atom stereocenters. The van der Waals surface area contributed by atoms with Crippen LogP contribution in [-0.2, 0) is 14.6 Å². The average Bonchev–Trinajstić information content (AvgIpc) is 2.64. The average molecular weight is 486 g/mol. The van der Waals surface area contributed by atoms with Gasteiger partial charge in [0, 0.05) is 0 Å². The Bertz CT molecular complexity index is 1120. The van der Waals surface area contributed by atoms with Gasteiger partial charge in [-0.2, -0.15) is 13.2 Å². The van der Waals surface area contributed by atoms with Crippen LogP contribution in [0.2, 0.25) is 10.0 Å². The zero-order valence-corrected chi connectivity index (χ0v) is 17.1. The minimum atomic E-state index is -5.28. The van der Waals surface area contributed by atoms with Crippen LogP contribution in [0.1, 0.15) is 17.3 Å². The first-order valence-electron chi connectivity index (χ1n) is 7.77. The van der Waals surface area contributed by atoms with Gasteiger partial charge in [0.15, 0.2) is 0 Å². The molecule has 1 amide bonds. The summed E-state index contributed by atoms with van der Waals surface area (Å²) < 4.78 is 63.8. The second-order valence-electron chi connectivity index (χ2n) is 6.10. The van der Waals surface area contributed by atoms with E-state index in [1.54, 1.807) is 5.32 Å². The second-order valence-corrected chi connectivity index (χ2v) is 8.77. The second kappa shape index (κ2) is 8.06. The van der Waals surface area contributed by atoms with Crippen molar-refractivity contribution in [2.75, 3.05) is 5.32 Å². The number of carbonyl (C=O) groups excluding carboxylic acids is 1. The molecule has 0 saturated carbocycles. The van der Waals surface area contributed by atoms with Crippen molar-refractivity contribution in [3.63, 3.8) is 0 Å². The standard InChI is InChI=1S/C17H12Cl2F3NO6S/c1-16(27,17(20,21)22)15(26)23-10-6-7-11(13(19)12(10)18)30(28,29)9-4-2-8(3-5-9)14(24)25/h2-7,27H,1H3,(H,23,26)(H,24,25). The Morgan fingerprint density at radius 3 is 2.00 bits per heavy atom. The van der Waals surface area contributed by atoms with Gasteiger partial charge >= 0.3 is 12.1 Å². The fourth-order valence-electron chi connectivity index (χ4n) is 2.11. The van der Waals surface area contributed by atoms with E-state index >= 15 is 0 Å². The molecular formula is C17H12Cl2F3NO6S. The van der Waals surface area contributed by atoms with Gasteiger partial charge in [-0.15, -0.1) is 0 Å². The van der Waals surface area contributed by atoms with E-state index in [2.05, 4.69) is 0 Å². The van der Waals surface area contributed by atoms with Crippen LogP contribution in [0.4, 0.5) is 18.9 Å². The quantitative estimate of drug-likeness (QED) is 0.592. The minimum absolute atomic E-state index is 0.159. The number of benzene rings is 2. The van der Waals surface area contributed by atoms with Crippen molar-refractivity contribution in [1.82, 2.24) is 0 Å². The smallest absolute Gasteiger partial charge is 0.426 e. The maximum absolute atomic E-state index is 12.8. The van der Waals surface area contributed by atoms with E-state index in [1.807, 2.05) is 0 Å². The number of carboxylic acid groups (broad SMARTS) is 1. The Balaban J connectivity index is 2.43. The van der Waals surface area contributed by atoms with E-state index in [-0.39, 0.29) is 17.4 Å². The van der Waals surface area contributed by atoms with Crippen LogP contribution in [-0.4, -0.2) is 42.3 Å². The van der Waals surface area contributed by atoms with Crippen molar-refractivity contribution in [1.29, 1.82) is 0 Å². The number of alkyl halides is 3. The highest BCUT2D eigenvalue weighted by Crippen LogP contribution is 2.39. The molecule has 0 aliphatic heterocycles. The highest BCUT2D eigenvalue weighted by molar-refractivity contribution is 7.91. The number of aliphatic hydroxyl groups is 1. The van der Waals surface area contributed by atoms with Gasteiger partial charge in [0.1, 0.15) is 0 Å². The molecule has 1 atom stereocenters. The van der Waals surface area contributed by atoms with E-state index in [0.29, 0.717) is 0 Å². The van der Waals surface area contributed by atoms with Gasteiger partial charge in [-0.05, 0) is 43.3 Å². The highest BCUT2D eigenvalue weighted by atomic mass is 35.5. The molecule has 30 heavy (non-hydrogen) atoms. The number of anilines is 1. The van der Waals surface area contributed by atoms with E-state index in [1.165, 1.54) is 0 Å². The Kier molecular flexibility index (Phi) is 6.43. The molecular weight excluding hydrogens is 474 g/mol. The van der Waals surface area contributed by atoms with Gasteiger partial charge in [-0.1, -0.05) is 23.2 Å². The molecule has 3 N–H and O–H groups in total. The summed E-state index contributed by atoms with van der Waals surface area (Å²) in [5, 5.41) is 18.8. The summed E-state index contributed by atoms with van der Waals surface area (Å²) in [5.74, 6) is -3.12. The molecule has 7 nitrogen and oxygen atoms in total. The summed E-state index contributed by atoms with van der Waals surface area (Å²) in [6.07, 6.45) is -5.28. The normalized spacial score (nSPS) is 14.1. The number of hydrogen-bond donors (Lipinski definition) is 3. The van der Waals surface area contributed by atoms with Crippen LogP contribution in [0.3, 0.4) is 0 Å². The topological polar surface area (TPSA) is 121 Å². The third kappa shape index (κ3) is 4.38. The summed E-state index contributed by atoms with van der Waals surface area (Å²) in [4.78, 5) is 21.8. The van der Waals surface area contributed by atoms with Gasteiger partial charge in [0.25, 0.3) is 5.91 Å². The Morgan fingerprint density at radius 1 is 1.00 bits per heavy atom. The molecule has 0 aliphatic carbocycles. The molecule has 0 radical (unpaired) electrons. The summed E-state index contributed by atoms with van der Waals surface area (Å²) in [6, 6.07) is 5.96. The lowest BCUT2D eigenvalue weighted by atomic mass is 10.1. The molecule has 0 heterocycles. The largest absolute Gasteiger partial charge is 0.478 e. The van der Waals surface area contributed by atoms with Gasteiger partial charge in [-0.3, -0.25) is 4.79 Å². The maximum atomic E-state index is 12.8. The SMILES string of the molecule is CC(O)(C(=O)Nc1ccc(S(=O)(=O)c2ccc(C(=O)O)cc2)c(Cl)c1Cl)C(F)(F)F. The van der Waals surface area contributed by atoms with Crippen LogP contribution >= 0.6 is 23.2 Å². The molecule has 0 saturated heterocycles. The van der Waals surface area contributed by atoms with E-state index < -0.39 is 54.1 Å². The Morgan fingerprint density at radius 2 is 1.53 bits per heavy atom. The van der Waals surface area contributed by atoms with E-state index in [0.717, 1.165) is 36.4 Å². The van der Waals surface area contributed by atoms with Gasteiger partial charge in [0.05, 0.1) is 31.1 Å². The van der Waals surface area contributed by atoms with Crippen LogP contribution in [0.5, 0.6) is 0 Å². The molecule has 162 valence electrons. The first-order valence-corrected chi connectivity index (χ1v) is 10.0. The third-order valence-electron chi connectivity index (χ3n) is 3.99. The zero-order valence-electron chi connectivity index (χ0n) is 14.8. The lowest BCUT2D eigenvalue weighted by Gasteiger charge is -2.25. The number of amides is 1. The fourth-order valence-corrected chi connectivity index (χ4v) is 4.18. The van der Waals surface area contributed by atoms with Crippen molar-refractivity contribution in [3.8, 4) is 0 Å². The van der Waals surface area contributed by atoms with Crippen molar-refractivity contribution in [2.45, 2.75) is 28.5 Å². The Labute approximate surface area is 178 Å². The van der Waals surface area contributed by atoms with Crippen molar-refractivity contribution in [3.05, 3.63) is 52.0 Å².